The van der Waals surface area contributed by atoms with Gasteiger partial charge in [-0.05, 0) is 18.6 Å². The molecule has 0 radical (unpaired) electrons. The van der Waals surface area contributed by atoms with Crippen LogP contribution in [0, 0.1) is 0 Å². The van der Waals surface area contributed by atoms with Crippen molar-refractivity contribution in [3.05, 3.63) is 18.3 Å². The van der Waals surface area contributed by atoms with E-state index in [1.807, 2.05) is 6.92 Å². The Morgan fingerprint density at radius 3 is 2.72 bits per heavy atom. The molecule has 0 aliphatic carbocycles. The summed E-state index contributed by atoms with van der Waals surface area (Å²) in [6.45, 7) is 2.13. The van der Waals surface area contributed by atoms with Crippen molar-refractivity contribution in [2.75, 3.05) is 18.8 Å². The van der Waals surface area contributed by atoms with Crippen molar-refractivity contribution in [3.63, 3.8) is 0 Å². The summed E-state index contributed by atoms with van der Waals surface area (Å²) in [5.41, 5.74) is 5.36. The van der Waals surface area contributed by atoms with Crippen molar-refractivity contribution in [2.45, 2.75) is 18.2 Å². The number of amides is 1. The van der Waals surface area contributed by atoms with Gasteiger partial charge in [-0.2, -0.15) is 0 Å². The first-order chi connectivity index (χ1) is 8.45. The molecule has 0 bridgehead atoms. The highest BCUT2D eigenvalue weighted by molar-refractivity contribution is 7.89. The summed E-state index contributed by atoms with van der Waals surface area (Å²) in [6, 6.07) is 2.71. The number of carbonyl (C=O) groups is 1. The van der Waals surface area contributed by atoms with Crippen LogP contribution in [0.15, 0.2) is 23.2 Å². The summed E-state index contributed by atoms with van der Waals surface area (Å²) in [7, 11) is -3.73. The maximum Gasteiger partial charge on any atom is 0.242 e. The van der Waals surface area contributed by atoms with E-state index in [2.05, 4.69) is 15.0 Å². The van der Waals surface area contributed by atoms with Crippen molar-refractivity contribution in [3.8, 4) is 0 Å². The van der Waals surface area contributed by atoms with Gasteiger partial charge in [0.05, 0.1) is 6.54 Å². The molecule has 0 aliphatic heterocycles. The predicted molar refractivity (Wildman–Crippen MR) is 67.1 cm³/mol. The third kappa shape index (κ3) is 4.30. The highest BCUT2D eigenvalue weighted by Gasteiger charge is 2.15. The lowest BCUT2D eigenvalue weighted by Gasteiger charge is -2.07. The molecule has 7 nitrogen and oxygen atoms in total. The van der Waals surface area contributed by atoms with Gasteiger partial charge >= 0.3 is 0 Å². The standard InChI is InChI=1S/C10H16N4O3S/c1-2-5-12-10(15)7-14-18(16,17)8-3-4-9(11)13-6-8/h3-4,6,14H,2,5,7H2,1H3,(H2,11,13)(H,12,15). The predicted octanol–water partition coefficient (Wildman–Crippen LogP) is -0.532. The number of nitrogens with zero attached hydrogens (tertiary/aromatic N) is 1. The van der Waals surface area contributed by atoms with E-state index in [1.54, 1.807) is 0 Å². The van der Waals surface area contributed by atoms with Crippen LogP contribution < -0.4 is 15.8 Å². The number of anilines is 1. The minimum absolute atomic E-state index is 0.0278. The molecule has 1 heterocycles. The van der Waals surface area contributed by atoms with Crippen molar-refractivity contribution >= 4 is 21.7 Å². The summed E-state index contributed by atoms with van der Waals surface area (Å²) in [6.07, 6.45) is 1.93. The van der Waals surface area contributed by atoms with Gasteiger partial charge in [0.25, 0.3) is 0 Å². The number of sulfonamides is 1. The Morgan fingerprint density at radius 2 is 2.17 bits per heavy atom. The zero-order valence-corrected chi connectivity index (χ0v) is 10.8. The summed E-state index contributed by atoms with van der Waals surface area (Å²) in [4.78, 5) is 14.9. The Bertz CT molecular complexity index is 498. The molecule has 1 rings (SSSR count). The number of rotatable bonds is 6. The lowest BCUT2D eigenvalue weighted by Crippen LogP contribution is -2.37. The van der Waals surface area contributed by atoms with Gasteiger partial charge in [-0.3, -0.25) is 4.79 Å². The van der Waals surface area contributed by atoms with Gasteiger partial charge < -0.3 is 11.1 Å². The minimum Gasteiger partial charge on any atom is -0.384 e. The molecular formula is C10H16N4O3S. The molecule has 18 heavy (non-hydrogen) atoms. The van der Waals surface area contributed by atoms with Gasteiger partial charge in [0.2, 0.25) is 15.9 Å². The van der Waals surface area contributed by atoms with Gasteiger partial charge in [0, 0.05) is 12.7 Å². The van der Waals surface area contributed by atoms with Gasteiger partial charge in [-0.1, -0.05) is 6.92 Å². The summed E-state index contributed by atoms with van der Waals surface area (Å²) in [5.74, 6) is -0.140. The third-order valence-electron chi connectivity index (χ3n) is 2.06. The lowest BCUT2D eigenvalue weighted by atomic mass is 10.5. The fourth-order valence-corrected chi connectivity index (χ4v) is 2.05. The molecule has 0 unspecified atom stereocenters. The van der Waals surface area contributed by atoms with Crippen molar-refractivity contribution < 1.29 is 13.2 Å². The molecule has 100 valence electrons. The number of pyridine rings is 1. The maximum absolute atomic E-state index is 11.7. The topological polar surface area (TPSA) is 114 Å². The molecule has 0 saturated carbocycles. The first kappa shape index (κ1) is 14.4. The van der Waals surface area contributed by atoms with Gasteiger partial charge in [0.15, 0.2) is 0 Å². The van der Waals surface area contributed by atoms with E-state index in [4.69, 9.17) is 5.73 Å². The zero-order valence-electron chi connectivity index (χ0n) is 10.0. The maximum atomic E-state index is 11.7. The molecule has 1 aromatic rings. The summed E-state index contributed by atoms with van der Waals surface area (Å²) < 4.78 is 25.7. The number of nitrogens with two attached hydrogens (primary N) is 1. The van der Waals surface area contributed by atoms with Crippen LogP contribution in [0.2, 0.25) is 0 Å². The SMILES string of the molecule is CCCNC(=O)CNS(=O)(=O)c1ccc(N)nc1. The molecule has 1 amide bonds. The second-order valence-corrected chi connectivity index (χ2v) is 5.36. The van der Waals surface area contributed by atoms with Crippen LogP contribution in [0.4, 0.5) is 5.82 Å². The van der Waals surface area contributed by atoms with Crippen LogP contribution in [0.25, 0.3) is 0 Å². The van der Waals surface area contributed by atoms with Crippen molar-refractivity contribution in [1.29, 1.82) is 0 Å². The highest BCUT2D eigenvalue weighted by Crippen LogP contribution is 2.07. The van der Waals surface area contributed by atoms with E-state index < -0.39 is 10.0 Å². The molecule has 4 N–H and O–H groups in total. The van der Waals surface area contributed by atoms with E-state index >= 15 is 0 Å². The normalized spacial score (nSPS) is 11.2. The van der Waals surface area contributed by atoms with E-state index in [1.165, 1.54) is 12.1 Å². The van der Waals surface area contributed by atoms with Crippen LogP contribution >= 0.6 is 0 Å². The van der Waals surface area contributed by atoms with Crippen LogP contribution in [-0.2, 0) is 14.8 Å². The minimum atomic E-state index is -3.73. The number of carbonyl (C=O) groups excluding carboxylic acids is 1. The van der Waals surface area contributed by atoms with Crippen molar-refractivity contribution in [1.82, 2.24) is 15.0 Å². The quantitative estimate of drug-likeness (QED) is 0.644. The largest absolute Gasteiger partial charge is 0.384 e. The number of nitrogen functional groups attached to an aromatic ring is 1. The molecule has 0 aromatic carbocycles. The van der Waals surface area contributed by atoms with E-state index in [0.29, 0.717) is 6.54 Å². The molecule has 8 heteroatoms. The summed E-state index contributed by atoms with van der Waals surface area (Å²) >= 11 is 0. The Balaban J connectivity index is 2.60. The number of hydrogen-bond donors (Lipinski definition) is 3. The van der Waals surface area contributed by atoms with Crippen LogP contribution in [0.1, 0.15) is 13.3 Å². The van der Waals surface area contributed by atoms with Gasteiger partial charge in [-0.25, -0.2) is 18.1 Å². The molecular weight excluding hydrogens is 256 g/mol. The second-order valence-electron chi connectivity index (χ2n) is 3.59. The van der Waals surface area contributed by atoms with Gasteiger partial charge in [-0.15, -0.1) is 0 Å². The molecule has 0 aliphatic rings. The zero-order chi connectivity index (χ0) is 13.6. The van der Waals surface area contributed by atoms with Crippen LogP contribution in [0.5, 0.6) is 0 Å². The van der Waals surface area contributed by atoms with Crippen LogP contribution in [0.3, 0.4) is 0 Å². The number of nitrogens with one attached hydrogen (secondary N) is 2. The number of aromatic nitrogens is 1. The lowest BCUT2D eigenvalue weighted by molar-refractivity contribution is -0.119. The van der Waals surface area contributed by atoms with Crippen LogP contribution in [-0.4, -0.2) is 32.4 Å². The Hall–Kier alpha value is -1.67. The van der Waals surface area contributed by atoms with Crippen molar-refractivity contribution in [2.24, 2.45) is 0 Å². The molecule has 0 spiro atoms. The molecule has 0 atom stereocenters. The average molecular weight is 272 g/mol. The first-order valence-corrected chi connectivity index (χ1v) is 6.92. The highest BCUT2D eigenvalue weighted by atomic mass is 32.2. The van der Waals surface area contributed by atoms with E-state index in [-0.39, 0.29) is 23.2 Å². The molecule has 0 fully saturated rings. The van der Waals surface area contributed by atoms with Gasteiger partial charge in [0.1, 0.15) is 10.7 Å². The number of hydrogen-bond acceptors (Lipinski definition) is 5. The summed E-state index contributed by atoms with van der Waals surface area (Å²) in [5, 5.41) is 2.56. The Labute approximate surface area is 106 Å². The fourth-order valence-electron chi connectivity index (χ4n) is 1.12. The van der Waals surface area contributed by atoms with E-state index in [9.17, 15) is 13.2 Å². The molecule has 1 aromatic heterocycles. The second kappa shape index (κ2) is 6.31. The third-order valence-corrected chi connectivity index (χ3v) is 3.45. The average Bonchev–Trinajstić information content (AvgIpc) is 2.34. The monoisotopic (exact) mass is 272 g/mol. The molecule has 0 saturated heterocycles. The fraction of sp³-hybridized carbons (Fsp3) is 0.400. The Kier molecular flexibility index (Phi) is 5.05. The Morgan fingerprint density at radius 1 is 1.44 bits per heavy atom. The first-order valence-electron chi connectivity index (χ1n) is 5.43. The smallest absolute Gasteiger partial charge is 0.242 e. The van der Waals surface area contributed by atoms with E-state index in [0.717, 1.165) is 12.6 Å².